The van der Waals surface area contributed by atoms with Crippen molar-refractivity contribution in [1.82, 2.24) is 9.47 Å². The lowest BCUT2D eigenvalue weighted by Gasteiger charge is -2.19. The third kappa shape index (κ3) is 9.47. The largest absolute Gasteiger partial charge is 0.371 e. The fourth-order valence-electron chi connectivity index (χ4n) is 6.81. The van der Waals surface area contributed by atoms with E-state index in [0.29, 0.717) is 0 Å². The van der Waals surface area contributed by atoms with Gasteiger partial charge in [0.25, 0.3) is 0 Å². The van der Waals surface area contributed by atoms with Crippen LogP contribution in [0.15, 0.2) is 196 Å². The Bertz CT molecular complexity index is 2080. The highest BCUT2D eigenvalue weighted by atomic mass is 15.1. The molecule has 0 spiro atoms. The van der Waals surface area contributed by atoms with Crippen molar-refractivity contribution in [2.24, 2.45) is 5.92 Å². The zero-order chi connectivity index (χ0) is 36.5. The Labute approximate surface area is 312 Å². The number of nitrogens with zero attached hydrogens (tertiary/aromatic N) is 2. The summed E-state index contributed by atoms with van der Waals surface area (Å²) in [6, 6.07) is 36.5. The summed E-state index contributed by atoms with van der Waals surface area (Å²) in [5.74, 6) is 0.160. The van der Waals surface area contributed by atoms with Gasteiger partial charge >= 0.3 is 0 Å². The van der Waals surface area contributed by atoms with Crippen molar-refractivity contribution in [2.45, 2.75) is 32.6 Å². The third-order valence-corrected chi connectivity index (χ3v) is 9.43. The predicted octanol–water partition coefficient (Wildman–Crippen LogP) is 13.2. The molecular formula is C50H52N2. The van der Waals surface area contributed by atoms with Gasteiger partial charge in [0.1, 0.15) is 0 Å². The van der Waals surface area contributed by atoms with Crippen LogP contribution < -0.4 is 0 Å². The van der Waals surface area contributed by atoms with Gasteiger partial charge in [-0.1, -0.05) is 159 Å². The molecule has 2 nitrogen and oxygen atoms in total. The van der Waals surface area contributed by atoms with E-state index < -0.39 is 0 Å². The number of para-hydroxylation sites is 2. The summed E-state index contributed by atoms with van der Waals surface area (Å²) in [6.45, 7) is 15.2. The number of benzene rings is 4. The number of aryl methyl sites for hydroxylation is 1. The number of likely N-dealkylation sites (N-methyl/N-ethyl adjacent to an activating group) is 1. The van der Waals surface area contributed by atoms with E-state index in [9.17, 15) is 0 Å². The maximum Gasteiger partial charge on any atom is 0.0613 e. The number of rotatable bonds is 18. The van der Waals surface area contributed by atoms with Crippen LogP contribution in [0.25, 0.3) is 39.4 Å². The van der Waals surface area contributed by atoms with Crippen molar-refractivity contribution in [3.8, 4) is 16.8 Å². The van der Waals surface area contributed by atoms with Crippen molar-refractivity contribution in [2.75, 3.05) is 13.6 Å². The third-order valence-electron chi connectivity index (χ3n) is 9.43. The average Bonchev–Trinajstić information content (AvgIpc) is 3.58. The van der Waals surface area contributed by atoms with Crippen molar-refractivity contribution in [3.05, 3.63) is 212 Å². The highest BCUT2D eigenvalue weighted by Gasteiger charge is 2.20. The highest BCUT2D eigenvalue weighted by molar-refractivity contribution is 6.02. The van der Waals surface area contributed by atoms with Crippen molar-refractivity contribution < 1.29 is 0 Å². The first-order valence-electron chi connectivity index (χ1n) is 18.4. The standard InChI is InChI=1S/C50H52N2/c1-6-24-41-28-18-19-29-42(41)30-20-21-33-44(25-7-2)51(5)38-22-12-15-27-40(9-4)46(26-8-3)49-39-52(45-34-16-11-17-35-45)50-47(36-23-37-48(49)50)43-31-13-10-14-32-43/h6-14,16-19,21-26,28-29,31-37,39-40H,2-4,15,20,27,30,38H2,1,5H3/b22-12-,24-6-,33-21-,44-25+,46-26-. The van der Waals surface area contributed by atoms with Gasteiger partial charge in [-0.05, 0) is 79.2 Å². The Balaban J connectivity index is 1.29. The molecule has 0 radical (unpaired) electrons. The minimum absolute atomic E-state index is 0.160. The van der Waals surface area contributed by atoms with Crippen LogP contribution in [0.5, 0.6) is 0 Å². The highest BCUT2D eigenvalue weighted by Crippen LogP contribution is 2.39. The Morgan fingerprint density at radius 2 is 1.50 bits per heavy atom. The first kappa shape index (κ1) is 37.4. The molecule has 0 amide bonds. The Kier molecular flexibility index (Phi) is 14.0. The minimum atomic E-state index is 0.160. The van der Waals surface area contributed by atoms with E-state index in [1.807, 2.05) is 12.2 Å². The molecule has 262 valence electrons. The van der Waals surface area contributed by atoms with Crippen LogP contribution in [0.3, 0.4) is 0 Å². The molecule has 0 aliphatic carbocycles. The summed E-state index contributed by atoms with van der Waals surface area (Å²) in [5.41, 5.74) is 11.0. The fraction of sp³-hybridized carbons (Fsp3) is 0.160. The summed E-state index contributed by atoms with van der Waals surface area (Å²) in [4.78, 5) is 2.26. The molecule has 0 aliphatic rings. The van der Waals surface area contributed by atoms with Crippen LogP contribution in [0, 0.1) is 5.92 Å². The lowest BCUT2D eigenvalue weighted by atomic mass is 9.87. The van der Waals surface area contributed by atoms with E-state index in [4.69, 9.17) is 0 Å². The summed E-state index contributed by atoms with van der Waals surface area (Å²) in [7, 11) is 2.13. The minimum Gasteiger partial charge on any atom is -0.371 e. The number of hydrogen-bond donors (Lipinski definition) is 0. The summed E-state index contributed by atoms with van der Waals surface area (Å²) in [5, 5.41) is 1.22. The smallest absolute Gasteiger partial charge is 0.0613 e. The van der Waals surface area contributed by atoms with Crippen LogP contribution in [0.4, 0.5) is 0 Å². The lowest BCUT2D eigenvalue weighted by molar-refractivity contribution is 0.479. The van der Waals surface area contributed by atoms with Gasteiger partial charge in [-0.3, -0.25) is 0 Å². The summed E-state index contributed by atoms with van der Waals surface area (Å²) < 4.78 is 2.34. The molecule has 0 saturated carbocycles. The number of aromatic nitrogens is 1. The van der Waals surface area contributed by atoms with Crippen molar-refractivity contribution in [3.63, 3.8) is 0 Å². The molecule has 5 aromatic rings. The first-order chi connectivity index (χ1) is 25.6. The monoisotopic (exact) mass is 680 g/mol. The Morgan fingerprint density at radius 3 is 2.23 bits per heavy atom. The van der Waals surface area contributed by atoms with Gasteiger partial charge < -0.3 is 9.47 Å². The topological polar surface area (TPSA) is 8.17 Å². The van der Waals surface area contributed by atoms with Crippen molar-refractivity contribution in [1.29, 1.82) is 0 Å². The quantitative estimate of drug-likeness (QED) is 0.0660. The van der Waals surface area contributed by atoms with Gasteiger partial charge in [-0.25, -0.2) is 0 Å². The van der Waals surface area contributed by atoms with Gasteiger partial charge in [0.2, 0.25) is 0 Å². The maximum absolute atomic E-state index is 4.30. The van der Waals surface area contributed by atoms with Crippen LogP contribution in [0.1, 0.15) is 42.9 Å². The second-order valence-electron chi connectivity index (χ2n) is 12.9. The average molecular weight is 681 g/mol. The van der Waals surface area contributed by atoms with E-state index in [1.165, 1.54) is 44.3 Å². The fourth-order valence-corrected chi connectivity index (χ4v) is 6.81. The molecule has 1 unspecified atom stereocenters. The summed E-state index contributed by atoms with van der Waals surface area (Å²) in [6.07, 6.45) is 29.6. The first-order valence-corrected chi connectivity index (χ1v) is 18.4. The van der Waals surface area contributed by atoms with E-state index in [1.54, 1.807) is 0 Å². The molecule has 5 rings (SSSR count). The summed E-state index contributed by atoms with van der Waals surface area (Å²) >= 11 is 0. The molecular weight excluding hydrogens is 629 g/mol. The molecule has 0 bridgehead atoms. The van der Waals surface area contributed by atoms with Gasteiger partial charge in [-0.15, -0.1) is 6.58 Å². The molecule has 1 heterocycles. The van der Waals surface area contributed by atoms with Crippen LogP contribution >= 0.6 is 0 Å². The van der Waals surface area contributed by atoms with E-state index >= 15 is 0 Å². The lowest BCUT2D eigenvalue weighted by Crippen LogP contribution is -2.16. The van der Waals surface area contributed by atoms with E-state index in [2.05, 4.69) is 207 Å². The molecule has 4 aromatic carbocycles. The second kappa shape index (κ2) is 19.5. The second-order valence-corrected chi connectivity index (χ2v) is 12.9. The zero-order valence-electron chi connectivity index (χ0n) is 30.9. The molecule has 1 aromatic heterocycles. The molecule has 2 heteroatoms. The van der Waals surface area contributed by atoms with Gasteiger partial charge in [0, 0.05) is 53.6 Å². The Morgan fingerprint density at radius 1 is 0.769 bits per heavy atom. The van der Waals surface area contributed by atoms with Crippen LogP contribution in [0.2, 0.25) is 0 Å². The van der Waals surface area contributed by atoms with Gasteiger partial charge in [-0.2, -0.15) is 0 Å². The van der Waals surface area contributed by atoms with Crippen LogP contribution in [-0.4, -0.2) is 23.1 Å². The normalized spacial score (nSPS) is 13.0. The van der Waals surface area contributed by atoms with Crippen LogP contribution in [-0.2, 0) is 6.42 Å². The molecule has 1 atom stereocenters. The molecule has 0 saturated heterocycles. The Hall–Kier alpha value is -5.86. The van der Waals surface area contributed by atoms with E-state index in [0.717, 1.165) is 43.6 Å². The number of allylic oxidation sites excluding steroid dienone is 10. The van der Waals surface area contributed by atoms with Crippen molar-refractivity contribution >= 4 is 22.6 Å². The molecule has 0 fully saturated rings. The van der Waals surface area contributed by atoms with Gasteiger partial charge in [0.15, 0.2) is 0 Å². The van der Waals surface area contributed by atoms with Gasteiger partial charge in [0.05, 0.1) is 5.52 Å². The molecule has 52 heavy (non-hydrogen) atoms. The molecule has 0 N–H and O–H groups in total. The maximum atomic E-state index is 4.30. The molecule has 0 aliphatic heterocycles. The number of fused-ring (bicyclic) bond motifs is 1. The van der Waals surface area contributed by atoms with E-state index in [-0.39, 0.29) is 5.92 Å². The zero-order valence-corrected chi connectivity index (χ0v) is 30.9. The SMILES string of the molecule is C=C/C=C(\c1cn(-c2ccccc2)c2c(-c3ccccc3)cccc12)C(C=C)CC/C=C\CN(C)C(/C=C\CCc1ccccc1/C=C\C)=C/C=C. The predicted molar refractivity (Wildman–Crippen MR) is 228 cm³/mol. The number of hydrogen-bond acceptors (Lipinski definition) is 1.